The molecule has 0 atom stereocenters. The van der Waals surface area contributed by atoms with Crippen LogP contribution in [0.4, 0.5) is 10.3 Å². The Kier molecular flexibility index (Phi) is 5.48. The van der Waals surface area contributed by atoms with E-state index in [9.17, 15) is 19.3 Å². The smallest absolute Gasteiger partial charge is 0.390 e. The molecule has 0 saturated carbocycles. The standard InChI is InChI=1S/C18H19FN8O3/c19-15-4-2-1-3-14(15)11-23-7-9-24(10-8-23)17(28)16-5-6-25(21-16)13-26-12-20-18(22-26)27(29)30/h1-6,12H,7-11,13H2. The molecule has 1 saturated heterocycles. The molecule has 0 unspecified atom stereocenters. The molecule has 30 heavy (non-hydrogen) atoms. The molecular weight excluding hydrogens is 395 g/mol. The molecule has 3 aromatic rings. The molecule has 0 radical (unpaired) electrons. The summed E-state index contributed by atoms with van der Waals surface area (Å²) in [6.45, 7) is 2.94. The topological polar surface area (TPSA) is 115 Å². The fourth-order valence-corrected chi connectivity index (χ4v) is 3.28. The molecule has 1 aromatic carbocycles. The summed E-state index contributed by atoms with van der Waals surface area (Å²) in [6.07, 6.45) is 2.84. The second kappa shape index (κ2) is 8.37. The number of carbonyl (C=O) groups is 1. The summed E-state index contributed by atoms with van der Waals surface area (Å²) in [5, 5.41) is 18.6. The maximum Gasteiger partial charge on any atom is 0.491 e. The van der Waals surface area contributed by atoms with Crippen LogP contribution in [-0.2, 0) is 13.2 Å². The van der Waals surface area contributed by atoms with Crippen molar-refractivity contribution in [2.24, 2.45) is 0 Å². The van der Waals surface area contributed by atoms with Crippen molar-refractivity contribution in [3.8, 4) is 0 Å². The number of aromatic nitrogens is 5. The molecule has 1 amide bonds. The first-order valence-corrected chi connectivity index (χ1v) is 9.32. The van der Waals surface area contributed by atoms with Gasteiger partial charge in [-0.1, -0.05) is 23.2 Å². The molecule has 156 valence electrons. The quantitative estimate of drug-likeness (QED) is 0.436. The van der Waals surface area contributed by atoms with Crippen molar-refractivity contribution >= 4 is 11.9 Å². The van der Waals surface area contributed by atoms with Crippen molar-refractivity contribution in [2.45, 2.75) is 13.2 Å². The van der Waals surface area contributed by atoms with Gasteiger partial charge in [-0.2, -0.15) is 9.78 Å². The van der Waals surface area contributed by atoms with Gasteiger partial charge in [0.05, 0.1) is 0 Å². The average Bonchev–Trinajstić information content (AvgIpc) is 3.40. The van der Waals surface area contributed by atoms with Gasteiger partial charge in [0.1, 0.15) is 11.5 Å². The number of hydrogen-bond donors (Lipinski definition) is 0. The third-order valence-electron chi connectivity index (χ3n) is 4.85. The first-order chi connectivity index (χ1) is 14.5. The fourth-order valence-electron chi connectivity index (χ4n) is 3.28. The Balaban J connectivity index is 1.32. The Labute approximate surface area is 170 Å². The minimum absolute atomic E-state index is 0.102. The highest BCUT2D eigenvalue weighted by Crippen LogP contribution is 2.13. The van der Waals surface area contributed by atoms with Gasteiger partial charge >= 0.3 is 5.95 Å². The molecule has 0 bridgehead atoms. The highest BCUT2D eigenvalue weighted by atomic mass is 19.1. The van der Waals surface area contributed by atoms with Crippen LogP contribution in [0.25, 0.3) is 0 Å². The Bertz CT molecular complexity index is 1060. The van der Waals surface area contributed by atoms with Gasteiger partial charge in [-0.05, 0) is 17.1 Å². The molecule has 1 aliphatic rings. The lowest BCUT2D eigenvalue weighted by Gasteiger charge is -2.34. The summed E-state index contributed by atoms with van der Waals surface area (Å²) < 4.78 is 16.5. The van der Waals surface area contributed by atoms with Crippen LogP contribution in [0.1, 0.15) is 16.1 Å². The van der Waals surface area contributed by atoms with E-state index in [0.29, 0.717) is 38.3 Å². The van der Waals surface area contributed by atoms with Crippen molar-refractivity contribution < 1.29 is 14.1 Å². The highest BCUT2D eigenvalue weighted by molar-refractivity contribution is 5.92. The Morgan fingerprint density at radius 2 is 1.87 bits per heavy atom. The molecule has 3 heterocycles. The van der Waals surface area contributed by atoms with E-state index in [1.165, 1.54) is 21.8 Å². The van der Waals surface area contributed by atoms with Crippen LogP contribution in [-0.4, -0.2) is 71.4 Å². The van der Waals surface area contributed by atoms with E-state index in [0.717, 1.165) is 0 Å². The van der Waals surface area contributed by atoms with Gasteiger partial charge in [-0.3, -0.25) is 9.69 Å². The minimum Gasteiger partial charge on any atom is -0.390 e. The van der Waals surface area contributed by atoms with Gasteiger partial charge in [-0.25, -0.2) is 9.07 Å². The molecule has 1 aliphatic heterocycles. The lowest BCUT2D eigenvalue weighted by Crippen LogP contribution is -2.48. The molecular formula is C18H19FN8O3. The van der Waals surface area contributed by atoms with E-state index in [1.807, 2.05) is 6.07 Å². The Morgan fingerprint density at radius 3 is 2.57 bits per heavy atom. The van der Waals surface area contributed by atoms with E-state index in [-0.39, 0.29) is 24.1 Å². The zero-order chi connectivity index (χ0) is 21.1. The predicted molar refractivity (Wildman–Crippen MR) is 102 cm³/mol. The monoisotopic (exact) mass is 414 g/mol. The number of hydrogen-bond acceptors (Lipinski definition) is 7. The van der Waals surface area contributed by atoms with Crippen LogP contribution in [0.2, 0.25) is 0 Å². The van der Waals surface area contributed by atoms with Crippen molar-refractivity contribution in [3.05, 3.63) is 70.0 Å². The lowest BCUT2D eigenvalue weighted by molar-refractivity contribution is -0.394. The maximum absolute atomic E-state index is 13.8. The number of rotatable bonds is 6. The van der Waals surface area contributed by atoms with Crippen LogP contribution < -0.4 is 0 Å². The highest BCUT2D eigenvalue weighted by Gasteiger charge is 2.24. The van der Waals surface area contributed by atoms with Crippen molar-refractivity contribution in [3.63, 3.8) is 0 Å². The van der Waals surface area contributed by atoms with Crippen LogP contribution in [0.5, 0.6) is 0 Å². The van der Waals surface area contributed by atoms with E-state index < -0.39 is 10.9 Å². The number of nitrogens with zero attached hydrogens (tertiary/aromatic N) is 8. The number of nitro groups is 1. The predicted octanol–water partition coefficient (Wildman–Crippen LogP) is 0.986. The zero-order valence-electron chi connectivity index (χ0n) is 16.0. The first-order valence-electron chi connectivity index (χ1n) is 9.32. The summed E-state index contributed by atoms with van der Waals surface area (Å²) in [4.78, 5) is 30.1. The largest absolute Gasteiger partial charge is 0.491 e. The third kappa shape index (κ3) is 4.33. The minimum atomic E-state index is -0.680. The maximum atomic E-state index is 13.8. The van der Waals surface area contributed by atoms with E-state index in [1.54, 1.807) is 29.3 Å². The SMILES string of the molecule is O=C(c1ccn(Cn2cnc([N+](=O)[O-])n2)n1)N1CCN(Cc2ccccc2F)CC1. The van der Waals surface area contributed by atoms with E-state index in [4.69, 9.17) is 0 Å². The summed E-state index contributed by atoms with van der Waals surface area (Å²) >= 11 is 0. The zero-order valence-corrected chi connectivity index (χ0v) is 16.0. The number of carbonyl (C=O) groups excluding carboxylic acids is 1. The molecule has 12 heteroatoms. The molecule has 11 nitrogen and oxygen atoms in total. The van der Waals surface area contributed by atoms with Crippen LogP contribution in [0.3, 0.4) is 0 Å². The Hall–Kier alpha value is -3.67. The van der Waals surface area contributed by atoms with Gasteiger partial charge in [0.2, 0.25) is 6.33 Å². The second-order valence-electron chi connectivity index (χ2n) is 6.88. The van der Waals surface area contributed by atoms with Crippen molar-refractivity contribution in [2.75, 3.05) is 26.2 Å². The molecule has 0 aliphatic carbocycles. The molecule has 4 rings (SSSR count). The Morgan fingerprint density at radius 1 is 1.10 bits per heavy atom. The van der Waals surface area contributed by atoms with Crippen LogP contribution >= 0.6 is 0 Å². The summed E-state index contributed by atoms with van der Waals surface area (Å²) in [5.74, 6) is -0.908. The van der Waals surface area contributed by atoms with Gasteiger partial charge in [-0.15, -0.1) is 0 Å². The summed E-state index contributed by atoms with van der Waals surface area (Å²) in [5.41, 5.74) is 0.927. The van der Waals surface area contributed by atoms with Gasteiger partial charge in [0.25, 0.3) is 5.91 Å². The second-order valence-corrected chi connectivity index (χ2v) is 6.88. The molecule has 1 fully saturated rings. The summed E-state index contributed by atoms with van der Waals surface area (Å²) in [7, 11) is 0. The van der Waals surface area contributed by atoms with Crippen molar-refractivity contribution in [1.82, 2.24) is 34.3 Å². The van der Waals surface area contributed by atoms with Gasteiger partial charge < -0.3 is 15.0 Å². The normalized spacial score (nSPS) is 14.8. The van der Waals surface area contributed by atoms with Gasteiger partial charge in [0.15, 0.2) is 6.67 Å². The van der Waals surface area contributed by atoms with Crippen LogP contribution in [0, 0.1) is 15.9 Å². The molecule has 0 N–H and O–H groups in total. The number of piperazine rings is 1. The summed E-state index contributed by atoms with van der Waals surface area (Å²) in [6, 6.07) is 8.29. The lowest BCUT2D eigenvalue weighted by atomic mass is 10.2. The molecule has 2 aromatic heterocycles. The fraction of sp³-hybridized carbons (Fsp3) is 0.333. The van der Waals surface area contributed by atoms with Crippen LogP contribution in [0.15, 0.2) is 42.9 Å². The number of halogens is 1. The van der Waals surface area contributed by atoms with E-state index >= 15 is 0 Å². The van der Waals surface area contributed by atoms with E-state index in [2.05, 4.69) is 20.1 Å². The average molecular weight is 414 g/mol. The third-order valence-corrected chi connectivity index (χ3v) is 4.85. The van der Waals surface area contributed by atoms with Crippen molar-refractivity contribution in [1.29, 1.82) is 0 Å². The van der Waals surface area contributed by atoms with Gasteiger partial charge in [0, 0.05) is 49.6 Å². The molecule has 0 spiro atoms. The number of amides is 1. The number of benzene rings is 1. The first kappa shape index (κ1) is 19.6.